The fourth-order valence-corrected chi connectivity index (χ4v) is 3.83. The van der Waals surface area contributed by atoms with Crippen molar-refractivity contribution in [3.05, 3.63) is 23.8 Å². The SMILES string of the molecule is COc1ccc(C(=O)N[C@@H]2CCS(=O)(=O)C2)cc1OC. The van der Waals surface area contributed by atoms with Gasteiger partial charge in [-0.3, -0.25) is 4.79 Å². The molecule has 0 bridgehead atoms. The fourth-order valence-electron chi connectivity index (χ4n) is 2.16. The van der Waals surface area contributed by atoms with Gasteiger partial charge in [0, 0.05) is 11.6 Å². The lowest BCUT2D eigenvalue weighted by atomic mass is 10.1. The molecule has 2 rings (SSSR count). The van der Waals surface area contributed by atoms with Gasteiger partial charge in [-0.1, -0.05) is 0 Å². The number of methoxy groups -OCH3 is 2. The third-order valence-electron chi connectivity index (χ3n) is 3.21. The summed E-state index contributed by atoms with van der Waals surface area (Å²) in [6, 6.07) is 4.50. The van der Waals surface area contributed by atoms with Gasteiger partial charge < -0.3 is 14.8 Å². The van der Waals surface area contributed by atoms with Crippen molar-refractivity contribution >= 4 is 15.7 Å². The summed E-state index contributed by atoms with van der Waals surface area (Å²) < 4.78 is 32.9. The van der Waals surface area contributed by atoms with E-state index in [9.17, 15) is 13.2 Å². The fraction of sp³-hybridized carbons (Fsp3) is 0.462. The molecule has 0 spiro atoms. The number of hydrogen-bond donors (Lipinski definition) is 1. The van der Waals surface area contributed by atoms with Crippen molar-refractivity contribution in [1.82, 2.24) is 5.32 Å². The Labute approximate surface area is 118 Å². The van der Waals surface area contributed by atoms with Crippen LogP contribution in [0.25, 0.3) is 0 Å². The minimum atomic E-state index is -3.01. The average Bonchev–Trinajstić information content (AvgIpc) is 2.76. The normalized spacial score (nSPS) is 20.4. The molecule has 6 nitrogen and oxygen atoms in total. The van der Waals surface area contributed by atoms with Crippen molar-refractivity contribution in [2.24, 2.45) is 0 Å². The van der Waals surface area contributed by atoms with Crippen molar-refractivity contribution in [3.63, 3.8) is 0 Å². The summed E-state index contributed by atoms with van der Waals surface area (Å²) in [5.74, 6) is 0.815. The number of nitrogens with one attached hydrogen (secondary N) is 1. The Balaban J connectivity index is 2.10. The van der Waals surface area contributed by atoms with E-state index in [2.05, 4.69) is 5.32 Å². The molecule has 1 aliphatic rings. The Morgan fingerprint density at radius 1 is 1.25 bits per heavy atom. The largest absolute Gasteiger partial charge is 0.493 e. The zero-order valence-electron chi connectivity index (χ0n) is 11.4. The predicted octanol–water partition coefficient (Wildman–Crippen LogP) is 0.621. The molecule has 110 valence electrons. The minimum absolute atomic E-state index is 0.00598. The Kier molecular flexibility index (Phi) is 4.17. The van der Waals surface area contributed by atoms with E-state index in [0.717, 1.165) is 0 Å². The standard InChI is InChI=1S/C13H17NO5S/c1-18-11-4-3-9(7-12(11)19-2)13(15)14-10-5-6-20(16,17)8-10/h3-4,7,10H,5-6,8H2,1-2H3,(H,14,15)/t10-/m1/s1. The molecular weight excluding hydrogens is 282 g/mol. The third-order valence-corrected chi connectivity index (χ3v) is 4.98. The maximum absolute atomic E-state index is 12.1. The summed E-state index contributed by atoms with van der Waals surface area (Å²) in [5, 5.41) is 2.73. The van der Waals surface area contributed by atoms with E-state index in [0.29, 0.717) is 23.5 Å². The highest BCUT2D eigenvalue weighted by Crippen LogP contribution is 2.27. The molecule has 1 fully saturated rings. The summed E-state index contributed by atoms with van der Waals surface area (Å²) in [4.78, 5) is 12.1. The monoisotopic (exact) mass is 299 g/mol. The van der Waals surface area contributed by atoms with Gasteiger partial charge in [-0.05, 0) is 24.6 Å². The van der Waals surface area contributed by atoms with Gasteiger partial charge in [-0.2, -0.15) is 0 Å². The maximum Gasteiger partial charge on any atom is 0.251 e. The van der Waals surface area contributed by atoms with E-state index in [1.165, 1.54) is 14.2 Å². The number of sulfone groups is 1. The lowest BCUT2D eigenvalue weighted by Crippen LogP contribution is -2.35. The van der Waals surface area contributed by atoms with Crippen LogP contribution in [0.2, 0.25) is 0 Å². The molecule has 0 aromatic heterocycles. The first-order valence-corrected chi connectivity index (χ1v) is 8.00. The number of ether oxygens (including phenoxy) is 2. The molecule has 0 aliphatic carbocycles. The van der Waals surface area contributed by atoms with Gasteiger partial charge in [-0.15, -0.1) is 0 Å². The highest BCUT2D eigenvalue weighted by Gasteiger charge is 2.29. The van der Waals surface area contributed by atoms with Gasteiger partial charge in [0.15, 0.2) is 21.3 Å². The van der Waals surface area contributed by atoms with Gasteiger partial charge in [0.05, 0.1) is 25.7 Å². The van der Waals surface area contributed by atoms with Gasteiger partial charge in [-0.25, -0.2) is 8.42 Å². The number of carbonyl (C=O) groups excluding carboxylic acids is 1. The summed E-state index contributed by atoms with van der Waals surface area (Å²) in [6.07, 6.45) is 0.460. The Morgan fingerprint density at radius 2 is 1.95 bits per heavy atom. The topological polar surface area (TPSA) is 81.7 Å². The highest BCUT2D eigenvalue weighted by molar-refractivity contribution is 7.91. The van der Waals surface area contributed by atoms with Crippen LogP contribution >= 0.6 is 0 Å². The molecule has 7 heteroatoms. The van der Waals surface area contributed by atoms with Crippen LogP contribution in [0.3, 0.4) is 0 Å². The second kappa shape index (κ2) is 5.70. The number of hydrogen-bond acceptors (Lipinski definition) is 5. The molecule has 1 atom stereocenters. The lowest BCUT2D eigenvalue weighted by molar-refractivity contribution is 0.0940. The Hall–Kier alpha value is -1.76. The van der Waals surface area contributed by atoms with E-state index in [-0.39, 0.29) is 23.5 Å². The van der Waals surface area contributed by atoms with Crippen LogP contribution in [-0.2, 0) is 9.84 Å². The molecule has 1 aromatic carbocycles. The first kappa shape index (κ1) is 14.6. The molecule has 1 N–H and O–H groups in total. The van der Waals surface area contributed by atoms with Crippen LogP contribution in [0, 0.1) is 0 Å². The van der Waals surface area contributed by atoms with E-state index in [1.54, 1.807) is 18.2 Å². The number of amides is 1. The summed E-state index contributed by atoms with van der Waals surface area (Å²) in [5.41, 5.74) is 0.409. The third kappa shape index (κ3) is 3.22. The van der Waals surface area contributed by atoms with Crippen LogP contribution in [-0.4, -0.2) is 46.1 Å². The van der Waals surface area contributed by atoms with E-state index >= 15 is 0 Å². The summed E-state index contributed by atoms with van der Waals surface area (Å²) in [6.45, 7) is 0. The average molecular weight is 299 g/mol. The molecule has 1 saturated heterocycles. The van der Waals surface area contributed by atoms with Crippen molar-refractivity contribution in [2.45, 2.75) is 12.5 Å². The van der Waals surface area contributed by atoms with Crippen molar-refractivity contribution in [3.8, 4) is 11.5 Å². The van der Waals surface area contributed by atoms with Gasteiger partial charge in [0.2, 0.25) is 0 Å². The molecule has 0 saturated carbocycles. The molecular formula is C13H17NO5S. The van der Waals surface area contributed by atoms with Crippen LogP contribution in [0.1, 0.15) is 16.8 Å². The Morgan fingerprint density at radius 3 is 2.50 bits per heavy atom. The smallest absolute Gasteiger partial charge is 0.251 e. The molecule has 1 aromatic rings. The van der Waals surface area contributed by atoms with Crippen LogP contribution in [0.5, 0.6) is 11.5 Å². The quantitative estimate of drug-likeness (QED) is 0.881. The van der Waals surface area contributed by atoms with Crippen molar-refractivity contribution < 1.29 is 22.7 Å². The van der Waals surface area contributed by atoms with Crippen molar-refractivity contribution in [1.29, 1.82) is 0 Å². The molecule has 1 heterocycles. The number of carbonyl (C=O) groups is 1. The zero-order valence-corrected chi connectivity index (χ0v) is 12.2. The summed E-state index contributed by atoms with van der Waals surface area (Å²) in [7, 11) is -0.00215. The van der Waals surface area contributed by atoms with Crippen LogP contribution < -0.4 is 14.8 Å². The zero-order chi connectivity index (χ0) is 14.8. The maximum atomic E-state index is 12.1. The molecule has 0 radical (unpaired) electrons. The van der Waals surface area contributed by atoms with E-state index in [4.69, 9.17) is 9.47 Å². The highest BCUT2D eigenvalue weighted by atomic mass is 32.2. The Bertz CT molecular complexity index is 611. The van der Waals surface area contributed by atoms with Gasteiger partial charge >= 0.3 is 0 Å². The van der Waals surface area contributed by atoms with Crippen molar-refractivity contribution in [2.75, 3.05) is 25.7 Å². The lowest BCUT2D eigenvalue weighted by Gasteiger charge is -2.12. The number of rotatable bonds is 4. The predicted molar refractivity (Wildman–Crippen MR) is 74.1 cm³/mol. The first-order valence-electron chi connectivity index (χ1n) is 6.18. The van der Waals surface area contributed by atoms with E-state index in [1.807, 2.05) is 0 Å². The van der Waals surface area contributed by atoms with Crippen LogP contribution in [0.15, 0.2) is 18.2 Å². The first-order chi connectivity index (χ1) is 9.45. The van der Waals surface area contributed by atoms with Gasteiger partial charge in [0.1, 0.15) is 0 Å². The second-order valence-electron chi connectivity index (χ2n) is 4.64. The molecule has 0 unspecified atom stereocenters. The summed E-state index contributed by atoms with van der Waals surface area (Å²) >= 11 is 0. The molecule has 1 aliphatic heterocycles. The van der Waals surface area contributed by atoms with E-state index < -0.39 is 9.84 Å². The van der Waals surface area contributed by atoms with Gasteiger partial charge in [0.25, 0.3) is 5.91 Å². The van der Waals surface area contributed by atoms with Crippen LogP contribution in [0.4, 0.5) is 0 Å². The second-order valence-corrected chi connectivity index (χ2v) is 6.87. The molecule has 20 heavy (non-hydrogen) atoms. The minimum Gasteiger partial charge on any atom is -0.493 e. The number of benzene rings is 1. The molecule has 1 amide bonds.